The zero-order chi connectivity index (χ0) is 26.7. The molecule has 2 N–H and O–H groups in total. The fourth-order valence-corrected chi connectivity index (χ4v) is 4.50. The maximum Gasteiger partial charge on any atom is 0.422 e. The zero-order valence-corrected chi connectivity index (χ0v) is 20.4. The third-order valence-electron chi connectivity index (χ3n) is 4.20. The lowest BCUT2D eigenvalue weighted by Crippen LogP contribution is -2.21. The van der Waals surface area contributed by atoms with Crippen LogP contribution in [0, 0.1) is 0 Å². The molecule has 0 bridgehead atoms. The highest BCUT2D eigenvalue weighted by molar-refractivity contribution is 7.80. The summed E-state index contributed by atoms with van der Waals surface area (Å²) in [6.07, 6.45) is -9.32. The molecule has 2 aromatic carbocycles. The first-order valence-electron chi connectivity index (χ1n) is 9.66. The number of carbonyl (C=O) groups is 1. The molecule has 36 heavy (non-hydrogen) atoms. The summed E-state index contributed by atoms with van der Waals surface area (Å²) in [5, 5.41) is 6.29. The molecule has 0 amide bonds. The molecule has 3 aromatic rings. The molecule has 0 aliphatic carbocycles. The van der Waals surface area contributed by atoms with Gasteiger partial charge in [-0.3, -0.25) is 0 Å². The van der Waals surface area contributed by atoms with Crippen molar-refractivity contribution in [1.29, 1.82) is 0 Å². The van der Waals surface area contributed by atoms with Gasteiger partial charge < -0.3 is 24.8 Å². The molecule has 0 aliphatic heterocycles. The highest BCUT2D eigenvalue weighted by Gasteiger charge is 2.30. The van der Waals surface area contributed by atoms with Crippen LogP contribution in [0.5, 0.6) is 11.5 Å². The van der Waals surface area contributed by atoms with Crippen LogP contribution in [0.4, 0.5) is 37.7 Å². The summed E-state index contributed by atoms with van der Waals surface area (Å²) in [4.78, 5) is 12.1. The van der Waals surface area contributed by atoms with Gasteiger partial charge in [-0.1, -0.05) is 11.6 Å². The number of fused-ring (bicyclic) bond motifs is 1. The van der Waals surface area contributed by atoms with Crippen molar-refractivity contribution in [2.24, 2.45) is 0 Å². The summed E-state index contributed by atoms with van der Waals surface area (Å²) in [6, 6.07) is 8.02. The molecule has 0 saturated heterocycles. The normalized spacial score (nSPS) is 11.8. The summed E-state index contributed by atoms with van der Waals surface area (Å²) >= 11 is 12.5. The number of hydrogen-bond acceptors (Lipinski definition) is 6. The molecule has 194 valence electrons. The number of thiophene rings is 1. The first-order valence-corrected chi connectivity index (χ1v) is 11.3. The molecule has 1 aromatic heterocycles. The van der Waals surface area contributed by atoms with Crippen molar-refractivity contribution >= 4 is 67.7 Å². The number of methoxy groups -OCH3 is 1. The van der Waals surface area contributed by atoms with E-state index in [2.05, 4.69) is 20.1 Å². The van der Waals surface area contributed by atoms with E-state index in [4.69, 9.17) is 28.6 Å². The highest BCUT2D eigenvalue weighted by Crippen LogP contribution is 2.37. The van der Waals surface area contributed by atoms with E-state index >= 15 is 0 Å². The molecule has 0 atom stereocenters. The second-order valence-corrected chi connectivity index (χ2v) is 8.87. The van der Waals surface area contributed by atoms with Crippen molar-refractivity contribution < 1.29 is 45.3 Å². The number of esters is 1. The molecule has 0 spiro atoms. The number of ether oxygens (including phenoxy) is 3. The summed E-state index contributed by atoms with van der Waals surface area (Å²) in [5.41, 5.74) is 0.477. The lowest BCUT2D eigenvalue weighted by molar-refractivity contribution is -0.153. The molecule has 0 saturated carbocycles. The van der Waals surface area contributed by atoms with E-state index in [1.165, 1.54) is 7.11 Å². The second kappa shape index (κ2) is 11.0. The van der Waals surface area contributed by atoms with E-state index in [-0.39, 0.29) is 32.2 Å². The third-order valence-corrected chi connectivity index (χ3v) is 6.04. The molecule has 0 radical (unpaired) electrons. The van der Waals surface area contributed by atoms with Crippen LogP contribution in [-0.2, 0) is 4.74 Å². The Labute approximate surface area is 214 Å². The van der Waals surface area contributed by atoms with Gasteiger partial charge >= 0.3 is 18.3 Å². The summed E-state index contributed by atoms with van der Waals surface area (Å²) in [5.74, 6) is -1.37. The summed E-state index contributed by atoms with van der Waals surface area (Å²) in [6.45, 7) is -3.32. The molecule has 0 unspecified atom stereocenters. The van der Waals surface area contributed by atoms with Crippen LogP contribution in [0.1, 0.15) is 9.67 Å². The number of thiocarbonyl (C=S) groups is 1. The molecule has 0 fully saturated rings. The number of halogens is 7. The molecule has 3 rings (SSSR count). The highest BCUT2D eigenvalue weighted by atomic mass is 35.5. The van der Waals surface area contributed by atoms with Crippen molar-refractivity contribution in [2.75, 3.05) is 31.0 Å². The van der Waals surface area contributed by atoms with Crippen molar-refractivity contribution in [3.8, 4) is 11.5 Å². The van der Waals surface area contributed by atoms with E-state index < -0.39 is 31.5 Å². The van der Waals surface area contributed by atoms with Crippen LogP contribution in [0.25, 0.3) is 10.1 Å². The minimum absolute atomic E-state index is 0.0116. The fraction of sp³-hybridized carbons (Fsp3) is 0.238. The molecule has 0 aliphatic rings. The Morgan fingerprint density at radius 1 is 0.944 bits per heavy atom. The smallest absolute Gasteiger partial charge is 0.422 e. The predicted octanol–water partition coefficient (Wildman–Crippen LogP) is 7.03. The number of anilines is 2. The van der Waals surface area contributed by atoms with Gasteiger partial charge in [-0.05, 0) is 30.4 Å². The van der Waals surface area contributed by atoms with Crippen LogP contribution in [0.15, 0.2) is 36.4 Å². The average Bonchev–Trinajstić information content (AvgIpc) is 3.10. The van der Waals surface area contributed by atoms with Crippen molar-refractivity contribution in [2.45, 2.75) is 12.4 Å². The second-order valence-electron chi connectivity index (χ2n) is 7.03. The van der Waals surface area contributed by atoms with Gasteiger partial charge in [0.15, 0.2) is 18.3 Å². The Kier molecular flexibility index (Phi) is 8.41. The van der Waals surface area contributed by atoms with Crippen molar-refractivity contribution in [3.05, 3.63) is 46.3 Å². The van der Waals surface area contributed by atoms with E-state index in [1.807, 2.05) is 0 Å². The van der Waals surface area contributed by atoms with Crippen LogP contribution < -0.4 is 20.1 Å². The van der Waals surface area contributed by atoms with Crippen LogP contribution >= 0.6 is 35.2 Å². The van der Waals surface area contributed by atoms with Crippen molar-refractivity contribution in [3.63, 3.8) is 0 Å². The Morgan fingerprint density at radius 2 is 1.50 bits per heavy atom. The molecule has 15 heteroatoms. The van der Waals surface area contributed by atoms with Gasteiger partial charge in [0.1, 0.15) is 16.4 Å². The largest absolute Gasteiger partial charge is 0.484 e. The van der Waals surface area contributed by atoms with E-state index in [0.29, 0.717) is 15.8 Å². The number of benzene rings is 2. The van der Waals surface area contributed by atoms with Gasteiger partial charge in [-0.15, -0.1) is 11.3 Å². The van der Waals surface area contributed by atoms with Gasteiger partial charge in [0, 0.05) is 39.7 Å². The molecular formula is C21H15ClF6N2O4S2. The quantitative estimate of drug-likeness (QED) is 0.179. The number of rotatable bonds is 7. The summed E-state index contributed by atoms with van der Waals surface area (Å²) in [7, 11) is 1.23. The number of nitrogens with one attached hydrogen (secondary N) is 2. The zero-order valence-electron chi connectivity index (χ0n) is 18.0. The van der Waals surface area contributed by atoms with Crippen LogP contribution in [0.2, 0.25) is 5.02 Å². The predicted molar refractivity (Wildman–Crippen MR) is 128 cm³/mol. The van der Waals surface area contributed by atoms with Gasteiger partial charge in [0.25, 0.3) is 0 Å². The lowest BCUT2D eigenvalue weighted by atomic mass is 10.2. The average molecular weight is 573 g/mol. The first-order chi connectivity index (χ1) is 16.7. The molecule has 1 heterocycles. The third kappa shape index (κ3) is 7.77. The summed E-state index contributed by atoms with van der Waals surface area (Å²) < 4.78 is 89.7. The maximum atomic E-state index is 12.5. The minimum atomic E-state index is -4.66. The Morgan fingerprint density at radius 3 is 2.03 bits per heavy atom. The van der Waals surface area contributed by atoms with E-state index in [0.717, 1.165) is 29.5 Å². The van der Waals surface area contributed by atoms with Gasteiger partial charge in [0.2, 0.25) is 0 Å². The molecular weight excluding hydrogens is 558 g/mol. The fourth-order valence-electron chi connectivity index (χ4n) is 2.80. The number of alkyl halides is 6. The number of carbonyl (C=O) groups excluding carboxylic acids is 1. The minimum Gasteiger partial charge on any atom is -0.484 e. The standard InChI is InChI=1S/C21H15ClF6N2O4S2/c1-32-18(31)17-16(22)14-3-2-10(6-15(14)36-17)29-19(35)30-11-4-12(33-8-20(23,24)25)7-13(5-11)34-9-21(26,27)28/h2-7H,8-9H2,1H3,(H2,29,30,35). The topological polar surface area (TPSA) is 68.8 Å². The van der Waals surface area contributed by atoms with Gasteiger partial charge in [0.05, 0.1) is 12.1 Å². The molecule has 6 nitrogen and oxygen atoms in total. The monoisotopic (exact) mass is 572 g/mol. The van der Waals surface area contributed by atoms with E-state index in [1.54, 1.807) is 18.2 Å². The van der Waals surface area contributed by atoms with E-state index in [9.17, 15) is 31.1 Å². The Hall–Kier alpha value is -2.97. The Balaban J connectivity index is 1.78. The lowest BCUT2D eigenvalue weighted by Gasteiger charge is -2.16. The van der Waals surface area contributed by atoms with Crippen LogP contribution in [0.3, 0.4) is 0 Å². The Bertz CT molecular complexity index is 1240. The van der Waals surface area contributed by atoms with Crippen LogP contribution in [-0.4, -0.2) is 43.8 Å². The SMILES string of the molecule is COC(=O)c1sc2cc(NC(=S)Nc3cc(OCC(F)(F)F)cc(OCC(F)(F)F)c3)ccc2c1Cl. The van der Waals surface area contributed by atoms with Gasteiger partial charge in [-0.2, -0.15) is 26.3 Å². The maximum absolute atomic E-state index is 12.5. The first kappa shape index (κ1) is 27.6. The van der Waals surface area contributed by atoms with Gasteiger partial charge in [-0.25, -0.2) is 4.79 Å². The van der Waals surface area contributed by atoms with Crippen molar-refractivity contribution in [1.82, 2.24) is 0 Å². The number of hydrogen-bond donors (Lipinski definition) is 2.